The van der Waals surface area contributed by atoms with Gasteiger partial charge >= 0.3 is 11.7 Å². The Kier molecular flexibility index (Phi) is 6.33. The molecular formula is C26H32N4O3. The standard InChI is InChI=1S/C26H32N4O3/c1-33-25(31)22-7-3-2-6-19(22)18-28-14-10-20(11-15-28)29-16-12-21(13-17-29)30-24-9-5-4-8-23(24)27-26(30)32/h2-9,20-21H,10-18H2,1H3,(H,27,32). The molecule has 2 saturated heterocycles. The van der Waals surface area contributed by atoms with Crippen molar-refractivity contribution < 1.29 is 9.53 Å². The number of para-hydroxylation sites is 2. The molecule has 2 aromatic carbocycles. The Morgan fingerprint density at radius 2 is 1.61 bits per heavy atom. The first kappa shape index (κ1) is 21.9. The Morgan fingerprint density at radius 3 is 2.36 bits per heavy atom. The molecule has 2 aliphatic rings. The number of rotatable bonds is 5. The predicted molar refractivity (Wildman–Crippen MR) is 128 cm³/mol. The Bertz CT molecular complexity index is 1170. The van der Waals surface area contributed by atoms with Crippen LogP contribution >= 0.6 is 0 Å². The van der Waals surface area contributed by atoms with Gasteiger partial charge in [-0.15, -0.1) is 0 Å². The minimum atomic E-state index is -0.266. The van der Waals surface area contributed by atoms with Crippen molar-refractivity contribution in [2.75, 3.05) is 33.3 Å². The fraction of sp³-hybridized carbons (Fsp3) is 0.462. The molecule has 0 spiro atoms. The number of fused-ring (bicyclic) bond motifs is 1. The zero-order valence-corrected chi connectivity index (χ0v) is 19.2. The van der Waals surface area contributed by atoms with Crippen LogP contribution in [0, 0.1) is 0 Å². The first-order valence-electron chi connectivity index (χ1n) is 12.0. The van der Waals surface area contributed by atoms with E-state index in [9.17, 15) is 9.59 Å². The Balaban J connectivity index is 1.16. The summed E-state index contributed by atoms with van der Waals surface area (Å²) in [6.45, 7) is 4.91. The van der Waals surface area contributed by atoms with Crippen LogP contribution in [0.2, 0.25) is 0 Å². The maximum Gasteiger partial charge on any atom is 0.338 e. The van der Waals surface area contributed by atoms with Gasteiger partial charge in [0.15, 0.2) is 0 Å². The molecular weight excluding hydrogens is 416 g/mol. The van der Waals surface area contributed by atoms with Crippen molar-refractivity contribution in [3.63, 3.8) is 0 Å². The van der Waals surface area contributed by atoms with Gasteiger partial charge in [0.2, 0.25) is 0 Å². The van der Waals surface area contributed by atoms with E-state index in [1.807, 2.05) is 53.1 Å². The van der Waals surface area contributed by atoms with Gasteiger partial charge in [-0.3, -0.25) is 9.47 Å². The lowest BCUT2D eigenvalue weighted by molar-refractivity contribution is 0.0594. The van der Waals surface area contributed by atoms with Crippen molar-refractivity contribution in [2.24, 2.45) is 0 Å². The van der Waals surface area contributed by atoms with Gasteiger partial charge in [-0.2, -0.15) is 0 Å². The number of likely N-dealkylation sites (tertiary alicyclic amines) is 2. The summed E-state index contributed by atoms with van der Waals surface area (Å²) >= 11 is 0. The van der Waals surface area contributed by atoms with Gasteiger partial charge in [-0.1, -0.05) is 30.3 Å². The monoisotopic (exact) mass is 448 g/mol. The number of ether oxygens (including phenoxy) is 1. The molecule has 0 bridgehead atoms. The number of piperidine rings is 2. The van der Waals surface area contributed by atoms with E-state index in [1.165, 1.54) is 7.11 Å². The van der Waals surface area contributed by atoms with E-state index in [0.29, 0.717) is 11.6 Å². The van der Waals surface area contributed by atoms with E-state index in [-0.39, 0.29) is 17.7 Å². The van der Waals surface area contributed by atoms with Crippen LogP contribution in [0.15, 0.2) is 53.3 Å². The van der Waals surface area contributed by atoms with Gasteiger partial charge in [-0.25, -0.2) is 9.59 Å². The van der Waals surface area contributed by atoms with E-state index in [4.69, 9.17) is 4.74 Å². The number of esters is 1. The summed E-state index contributed by atoms with van der Waals surface area (Å²) in [5.41, 5.74) is 3.65. The van der Waals surface area contributed by atoms with Crippen molar-refractivity contribution in [2.45, 2.75) is 44.3 Å². The average molecular weight is 449 g/mol. The summed E-state index contributed by atoms with van der Waals surface area (Å²) in [6.07, 6.45) is 4.29. The number of hydrogen-bond donors (Lipinski definition) is 1. The second-order valence-corrected chi connectivity index (χ2v) is 9.24. The van der Waals surface area contributed by atoms with E-state index in [1.54, 1.807) is 0 Å². The number of hydrogen-bond acceptors (Lipinski definition) is 5. The van der Waals surface area contributed by atoms with Crippen LogP contribution in [0.3, 0.4) is 0 Å². The van der Waals surface area contributed by atoms with Crippen LogP contribution < -0.4 is 5.69 Å². The zero-order valence-electron chi connectivity index (χ0n) is 19.2. The molecule has 2 aliphatic heterocycles. The molecule has 0 aliphatic carbocycles. The highest BCUT2D eigenvalue weighted by Gasteiger charge is 2.30. The quantitative estimate of drug-likeness (QED) is 0.606. The smallest absolute Gasteiger partial charge is 0.338 e. The zero-order chi connectivity index (χ0) is 22.8. The number of carbonyl (C=O) groups excluding carboxylic acids is 1. The van der Waals surface area contributed by atoms with Crippen LogP contribution in [-0.2, 0) is 11.3 Å². The lowest BCUT2D eigenvalue weighted by atomic mass is 9.97. The molecule has 33 heavy (non-hydrogen) atoms. The molecule has 7 nitrogen and oxygen atoms in total. The maximum atomic E-state index is 12.6. The highest BCUT2D eigenvalue weighted by molar-refractivity contribution is 5.90. The van der Waals surface area contributed by atoms with Gasteiger partial charge < -0.3 is 14.6 Å². The van der Waals surface area contributed by atoms with Crippen molar-refractivity contribution in [1.29, 1.82) is 0 Å². The first-order valence-corrected chi connectivity index (χ1v) is 12.0. The van der Waals surface area contributed by atoms with E-state index in [0.717, 1.165) is 75.0 Å². The number of benzene rings is 2. The third-order valence-electron chi connectivity index (χ3n) is 7.38. The molecule has 0 amide bonds. The molecule has 3 aromatic rings. The van der Waals surface area contributed by atoms with Crippen molar-refractivity contribution >= 4 is 17.0 Å². The van der Waals surface area contributed by atoms with Crippen LogP contribution in [0.25, 0.3) is 11.0 Å². The maximum absolute atomic E-state index is 12.6. The molecule has 0 atom stereocenters. The third-order valence-corrected chi connectivity index (χ3v) is 7.38. The average Bonchev–Trinajstić information content (AvgIpc) is 3.20. The summed E-state index contributed by atoms with van der Waals surface area (Å²) in [5, 5.41) is 0. The number of aromatic amines is 1. The van der Waals surface area contributed by atoms with Gasteiger partial charge in [0.05, 0.1) is 23.7 Å². The molecule has 0 saturated carbocycles. The topological polar surface area (TPSA) is 70.6 Å². The largest absolute Gasteiger partial charge is 0.465 e. The minimum Gasteiger partial charge on any atom is -0.465 e. The highest BCUT2D eigenvalue weighted by Crippen LogP contribution is 2.28. The third kappa shape index (κ3) is 4.48. The van der Waals surface area contributed by atoms with E-state index in [2.05, 4.69) is 14.8 Å². The number of aromatic nitrogens is 2. The summed E-state index contributed by atoms with van der Waals surface area (Å²) in [4.78, 5) is 32.7. The molecule has 3 heterocycles. The van der Waals surface area contributed by atoms with Gasteiger partial charge in [-0.05, 0) is 62.5 Å². The van der Waals surface area contributed by atoms with E-state index < -0.39 is 0 Å². The normalized spacial score (nSPS) is 19.2. The molecule has 1 aromatic heterocycles. The number of nitrogens with one attached hydrogen (secondary N) is 1. The Morgan fingerprint density at radius 1 is 0.939 bits per heavy atom. The van der Waals surface area contributed by atoms with Crippen LogP contribution in [0.5, 0.6) is 0 Å². The van der Waals surface area contributed by atoms with Gasteiger partial charge in [0.25, 0.3) is 0 Å². The van der Waals surface area contributed by atoms with Gasteiger partial charge in [0.1, 0.15) is 0 Å². The summed E-state index contributed by atoms with van der Waals surface area (Å²) < 4.78 is 6.91. The molecule has 1 N–H and O–H groups in total. The Hall–Kier alpha value is -2.90. The van der Waals surface area contributed by atoms with Crippen molar-refractivity contribution in [3.8, 4) is 0 Å². The molecule has 2 fully saturated rings. The molecule has 0 radical (unpaired) electrons. The summed E-state index contributed by atoms with van der Waals surface area (Å²) in [7, 11) is 1.43. The number of H-pyrrole nitrogens is 1. The SMILES string of the molecule is COC(=O)c1ccccc1CN1CCC(N2CCC(n3c(=O)[nH]c4ccccc43)CC2)CC1. The molecule has 7 heteroatoms. The molecule has 5 rings (SSSR count). The van der Waals surface area contributed by atoms with Crippen LogP contribution in [-0.4, -0.2) is 64.7 Å². The summed E-state index contributed by atoms with van der Waals surface area (Å²) in [6, 6.07) is 16.6. The predicted octanol–water partition coefficient (Wildman–Crippen LogP) is 3.42. The second kappa shape index (κ2) is 9.53. The van der Waals surface area contributed by atoms with Crippen molar-refractivity contribution in [1.82, 2.24) is 19.4 Å². The fourth-order valence-electron chi connectivity index (χ4n) is 5.60. The second-order valence-electron chi connectivity index (χ2n) is 9.24. The number of imidazole rings is 1. The van der Waals surface area contributed by atoms with Crippen LogP contribution in [0.4, 0.5) is 0 Å². The minimum absolute atomic E-state index is 0.00944. The molecule has 174 valence electrons. The van der Waals surface area contributed by atoms with Crippen molar-refractivity contribution in [3.05, 3.63) is 70.1 Å². The fourth-order valence-corrected chi connectivity index (χ4v) is 5.60. The van der Waals surface area contributed by atoms with E-state index >= 15 is 0 Å². The lowest BCUT2D eigenvalue weighted by Gasteiger charge is -2.42. The van der Waals surface area contributed by atoms with Gasteiger partial charge in [0, 0.05) is 31.7 Å². The first-order chi connectivity index (χ1) is 16.1. The number of carbonyl (C=O) groups is 1. The number of nitrogens with zero attached hydrogens (tertiary/aromatic N) is 3. The lowest BCUT2D eigenvalue weighted by Crippen LogP contribution is -2.48. The molecule has 0 unspecified atom stereocenters. The highest BCUT2D eigenvalue weighted by atomic mass is 16.5. The summed E-state index contributed by atoms with van der Waals surface area (Å²) in [5.74, 6) is -0.266. The Labute approximate surface area is 193 Å². The number of methoxy groups -OCH3 is 1. The van der Waals surface area contributed by atoms with Crippen LogP contribution in [0.1, 0.15) is 47.6 Å².